The highest BCUT2D eigenvalue weighted by Gasteiger charge is 2.38. The van der Waals surface area contributed by atoms with E-state index >= 15 is 0 Å². The molecule has 1 aromatic carbocycles. The van der Waals surface area contributed by atoms with Gasteiger partial charge in [-0.25, -0.2) is 14.8 Å². The van der Waals surface area contributed by atoms with Crippen molar-refractivity contribution < 1.29 is 32.6 Å². The average molecular weight is 450 g/mol. The molecule has 4 rings (SSSR count). The number of hydrogen-bond donors (Lipinski definition) is 1. The lowest BCUT2D eigenvalue weighted by atomic mass is 10.1. The van der Waals surface area contributed by atoms with E-state index in [1.54, 1.807) is 6.07 Å². The van der Waals surface area contributed by atoms with E-state index in [0.29, 0.717) is 32.0 Å². The molecule has 3 heterocycles. The number of ether oxygens (including phenoxy) is 1. The summed E-state index contributed by atoms with van der Waals surface area (Å²) in [5, 5.41) is 8.16. The molecule has 11 heteroatoms. The van der Waals surface area contributed by atoms with Crippen molar-refractivity contribution in [1.82, 2.24) is 19.4 Å². The summed E-state index contributed by atoms with van der Waals surface area (Å²) >= 11 is 0. The summed E-state index contributed by atoms with van der Waals surface area (Å²) in [7, 11) is 0. The van der Waals surface area contributed by atoms with Crippen LogP contribution in [0.2, 0.25) is 0 Å². The van der Waals surface area contributed by atoms with E-state index < -0.39 is 12.1 Å². The van der Waals surface area contributed by atoms with Gasteiger partial charge < -0.3 is 19.3 Å². The SMILES string of the molecule is CCOCC1CN(C(=O)c2ccc3ccccc3n2)Cc2cncn21.O=C(O)C(F)(F)F. The first kappa shape index (κ1) is 23.2. The van der Waals surface area contributed by atoms with Crippen LogP contribution >= 0.6 is 0 Å². The van der Waals surface area contributed by atoms with E-state index in [9.17, 15) is 18.0 Å². The molecule has 3 aromatic rings. The Bertz CT molecular complexity index is 1100. The van der Waals surface area contributed by atoms with Crippen LogP contribution in [-0.4, -0.2) is 62.4 Å². The molecule has 1 atom stereocenters. The summed E-state index contributed by atoms with van der Waals surface area (Å²) in [5.41, 5.74) is 2.33. The molecule has 0 bridgehead atoms. The maximum Gasteiger partial charge on any atom is 0.490 e. The van der Waals surface area contributed by atoms with Gasteiger partial charge in [-0.15, -0.1) is 0 Å². The van der Waals surface area contributed by atoms with E-state index in [4.69, 9.17) is 14.6 Å². The standard InChI is InChI=1S/C19H20N4O2.C2HF3O2/c1-2-25-12-16-11-22(10-15-9-20-13-23(15)16)19(24)18-8-7-14-5-3-4-6-17(14)21-18;3-2(4,5)1(6)7/h3-9,13,16H,2,10-12H2,1H3;(H,6,7). The van der Waals surface area contributed by atoms with Gasteiger partial charge in [0.15, 0.2) is 0 Å². The van der Waals surface area contributed by atoms with Crippen molar-refractivity contribution in [3.63, 3.8) is 0 Å². The van der Waals surface area contributed by atoms with Crippen molar-refractivity contribution in [2.45, 2.75) is 25.7 Å². The van der Waals surface area contributed by atoms with E-state index in [0.717, 1.165) is 16.6 Å². The minimum Gasteiger partial charge on any atom is -0.475 e. The predicted octanol–water partition coefficient (Wildman–Crippen LogP) is 3.30. The van der Waals surface area contributed by atoms with E-state index in [1.165, 1.54) is 0 Å². The summed E-state index contributed by atoms with van der Waals surface area (Å²) in [6.07, 6.45) is -1.46. The number of benzene rings is 1. The van der Waals surface area contributed by atoms with Crippen LogP contribution < -0.4 is 0 Å². The minimum absolute atomic E-state index is 0.0558. The number of carbonyl (C=O) groups is 2. The van der Waals surface area contributed by atoms with E-state index in [1.807, 2.05) is 54.7 Å². The second-order valence-corrected chi connectivity index (χ2v) is 6.98. The summed E-state index contributed by atoms with van der Waals surface area (Å²) in [6.45, 7) is 4.32. The molecule has 1 aliphatic rings. The van der Waals surface area contributed by atoms with Gasteiger partial charge in [-0.1, -0.05) is 24.3 Å². The first-order valence-corrected chi connectivity index (χ1v) is 9.74. The molecule has 2 aromatic heterocycles. The molecule has 170 valence electrons. The Hall–Kier alpha value is -3.47. The van der Waals surface area contributed by atoms with Gasteiger partial charge in [0.2, 0.25) is 0 Å². The number of nitrogens with zero attached hydrogens (tertiary/aromatic N) is 4. The maximum absolute atomic E-state index is 13.0. The van der Waals surface area contributed by atoms with Gasteiger partial charge in [-0.05, 0) is 19.1 Å². The topological polar surface area (TPSA) is 97.5 Å². The molecule has 1 N–H and O–H groups in total. The largest absolute Gasteiger partial charge is 0.490 e. The lowest BCUT2D eigenvalue weighted by molar-refractivity contribution is -0.192. The number of para-hydroxylation sites is 1. The van der Waals surface area contributed by atoms with Crippen LogP contribution in [0, 0.1) is 0 Å². The van der Waals surface area contributed by atoms with E-state index in [2.05, 4.69) is 14.5 Å². The number of carbonyl (C=O) groups excluding carboxylic acids is 1. The number of hydrogen-bond acceptors (Lipinski definition) is 5. The molecule has 32 heavy (non-hydrogen) atoms. The number of fused-ring (bicyclic) bond motifs is 2. The van der Waals surface area contributed by atoms with Crippen molar-refractivity contribution in [3.05, 3.63) is 60.3 Å². The highest BCUT2D eigenvalue weighted by Crippen LogP contribution is 2.23. The monoisotopic (exact) mass is 450 g/mol. The van der Waals surface area contributed by atoms with Crippen molar-refractivity contribution in [3.8, 4) is 0 Å². The van der Waals surface area contributed by atoms with Crippen LogP contribution in [0.25, 0.3) is 10.9 Å². The van der Waals surface area contributed by atoms with Gasteiger partial charge in [-0.2, -0.15) is 13.2 Å². The number of aliphatic carboxylic acids is 1. The Kier molecular flexibility index (Phi) is 7.08. The van der Waals surface area contributed by atoms with Gasteiger partial charge in [0.25, 0.3) is 5.91 Å². The smallest absolute Gasteiger partial charge is 0.475 e. The Morgan fingerprint density at radius 2 is 1.94 bits per heavy atom. The van der Waals surface area contributed by atoms with Crippen molar-refractivity contribution in [1.29, 1.82) is 0 Å². The Labute approximate surface area is 181 Å². The predicted molar refractivity (Wildman–Crippen MR) is 108 cm³/mol. The third-order valence-corrected chi connectivity index (χ3v) is 4.79. The zero-order valence-electron chi connectivity index (χ0n) is 17.1. The third kappa shape index (κ3) is 5.41. The minimum atomic E-state index is -5.08. The first-order valence-electron chi connectivity index (χ1n) is 9.74. The summed E-state index contributed by atoms with van der Waals surface area (Å²) in [6, 6.07) is 11.6. The van der Waals surface area contributed by atoms with E-state index in [-0.39, 0.29) is 11.9 Å². The molecule has 8 nitrogen and oxygen atoms in total. The number of pyridine rings is 1. The number of rotatable bonds is 4. The lowest BCUT2D eigenvalue weighted by Crippen LogP contribution is -2.42. The van der Waals surface area contributed by atoms with Gasteiger partial charge in [0.05, 0.1) is 36.7 Å². The van der Waals surface area contributed by atoms with Crippen molar-refractivity contribution in [2.24, 2.45) is 0 Å². The van der Waals surface area contributed by atoms with Crippen molar-refractivity contribution >= 4 is 22.8 Å². The number of halogens is 3. The average Bonchev–Trinajstić information content (AvgIpc) is 3.25. The molecule has 1 amide bonds. The number of carboxylic acids is 1. The molecule has 0 radical (unpaired) electrons. The van der Waals surface area contributed by atoms with Gasteiger partial charge >= 0.3 is 12.1 Å². The van der Waals surface area contributed by atoms with Crippen molar-refractivity contribution in [2.75, 3.05) is 19.8 Å². The molecule has 0 aliphatic carbocycles. The van der Waals surface area contributed by atoms with Crippen LogP contribution in [0.3, 0.4) is 0 Å². The van der Waals surface area contributed by atoms with Crippen LogP contribution in [0.5, 0.6) is 0 Å². The Morgan fingerprint density at radius 3 is 2.62 bits per heavy atom. The van der Waals surface area contributed by atoms with Gasteiger partial charge in [0, 0.05) is 24.7 Å². The van der Waals surface area contributed by atoms with Crippen LogP contribution in [0.15, 0.2) is 48.9 Å². The number of alkyl halides is 3. The lowest BCUT2D eigenvalue weighted by Gasteiger charge is -2.34. The Balaban J connectivity index is 0.000000360. The molecule has 0 saturated heterocycles. The zero-order chi connectivity index (χ0) is 23.3. The second-order valence-electron chi connectivity index (χ2n) is 6.98. The number of amides is 1. The number of aromatic nitrogens is 3. The first-order chi connectivity index (χ1) is 15.2. The third-order valence-electron chi connectivity index (χ3n) is 4.79. The molecule has 1 unspecified atom stereocenters. The molecule has 0 spiro atoms. The Morgan fingerprint density at radius 1 is 1.22 bits per heavy atom. The fourth-order valence-corrected chi connectivity index (χ4v) is 3.27. The molecule has 0 fully saturated rings. The summed E-state index contributed by atoms with van der Waals surface area (Å²) in [4.78, 5) is 32.5. The molecular weight excluding hydrogens is 429 g/mol. The highest BCUT2D eigenvalue weighted by molar-refractivity contribution is 5.95. The van der Waals surface area contributed by atoms with Gasteiger partial charge in [0.1, 0.15) is 5.69 Å². The van der Waals surface area contributed by atoms with Crippen LogP contribution in [0.1, 0.15) is 29.1 Å². The molecular formula is C21H21F3N4O4. The second kappa shape index (κ2) is 9.77. The fraction of sp³-hybridized carbons (Fsp3) is 0.333. The van der Waals surface area contributed by atoms with Crippen LogP contribution in [0.4, 0.5) is 13.2 Å². The van der Waals surface area contributed by atoms with Gasteiger partial charge in [-0.3, -0.25) is 4.79 Å². The summed E-state index contributed by atoms with van der Waals surface area (Å²) in [5.74, 6) is -2.81. The number of carboxylic acid groups (broad SMARTS) is 1. The van der Waals surface area contributed by atoms with Crippen LogP contribution in [-0.2, 0) is 16.1 Å². The number of imidazole rings is 1. The maximum atomic E-state index is 13.0. The molecule has 1 aliphatic heterocycles. The molecule has 0 saturated carbocycles. The quantitative estimate of drug-likeness (QED) is 0.655. The highest BCUT2D eigenvalue weighted by atomic mass is 19.4. The summed E-state index contributed by atoms with van der Waals surface area (Å²) < 4.78 is 39.4. The zero-order valence-corrected chi connectivity index (χ0v) is 17.1. The fourth-order valence-electron chi connectivity index (χ4n) is 3.27. The normalized spacial score (nSPS) is 15.6.